The smallest absolute Gasteiger partial charge is 0.243 e. The molecule has 3 aliphatic carbocycles. The standard InChI is InChI=1S/C25H26ClFN6O.C24H24ClFN6O.C23H22ClFN6O/c1-3-32-8-10-33(11-9-32)18-5-7-21(28-14-18)31-24-22(26)25(30-15-29-24)34-20-6-4-17-12-16(2)13-19(17)23(20)27;1-15-11-16-3-5-19(22(26)18(16)12-15)33-24-21(25)23(28-14-29-24)30-20-6-4-17(13-27-20)32-9-7-31(2)8-10-32;1-14-10-15-2-4-18(21(25)17(15)11-14)32-23-20(24)22(28-13-29-23)30-19-5-3-16(12-27-19)31-8-6-26-7-9-31/h4-7,13-15H,3,8-12H2,1-2H3,(H,28,29,30,31);3-6,12-14H,7-11H2,1-2H3,(H,27,28,29,30);2-5,11-13,26H,6-10H2,1H3,(H,27,28,29,30). The lowest BCUT2D eigenvalue weighted by Crippen LogP contribution is -2.46. The molecule has 0 saturated carbocycles. The fourth-order valence-electron chi connectivity index (χ4n) is 12.3. The first-order valence-electron chi connectivity index (χ1n) is 32.6. The summed E-state index contributed by atoms with van der Waals surface area (Å²) >= 11 is 19.4. The number of nitrogens with one attached hydrogen (secondary N) is 4. The molecule has 0 unspecified atom stereocenters. The highest BCUT2D eigenvalue weighted by atomic mass is 35.5. The molecule has 99 heavy (non-hydrogen) atoms. The monoisotopic (exact) mass is 1400 g/mol. The second kappa shape index (κ2) is 30.6. The molecule has 9 heterocycles. The van der Waals surface area contributed by atoms with Gasteiger partial charge in [0.1, 0.15) is 51.5 Å². The number of ether oxygens (including phenoxy) is 3. The van der Waals surface area contributed by atoms with Gasteiger partial charge in [-0.1, -0.05) is 94.9 Å². The molecule has 510 valence electrons. The lowest BCUT2D eigenvalue weighted by molar-refractivity contribution is 0.271. The van der Waals surface area contributed by atoms with Crippen molar-refractivity contribution >= 4 is 105 Å². The topological polar surface area (TPSA) is 208 Å². The van der Waals surface area contributed by atoms with E-state index in [-0.39, 0.29) is 50.0 Å². The average Bonchev–Trinajstić information content (AvgIpc) is 1.86. The molecule has 4 N–H and O–H groups in total. The van der Waals surface area contributed by atoms with Crippen LogP contribution in [-0.2, 0) is 19.3 Å². The number of rotatable bonds is 16. The van der Waals surface area contributed by atoms with Crippen molar-refractivity contribution < 1.29 is 27.4 Å². The Bertz CT molecular complexity index is 4510. The van der Waals surface area contributed by atoms with Crippen molar-refractivity contribution in [3.05, 3.63) is 193 Å². The van der Waals surface area contributed by atoms with E-state index in [2.05, 4.69) is 105 Å². The Labute approximate surface area is 586 Å². The number of aromatic nitrogens is 9. The number of fused-ring (bicyclic) bond motifs is 3. The summed E-state index contributed by atoms with van der Waals surface area (Å²) in [7, 11) is 2.13. The molecule has 0 amide bonds. The molecule has 3 saturated heterocycles. The molecule has 6 aliphatic rings. The van der Waals surface area contributed by atoms with Crippen LogP contribution in [0.2, 0.25) is 15.1 Å². The zero-order valence-corrected chi connectivity index (χ0v) is 57.5. The Hall–Kier alpha value is -9.69. The Morgan fingerprint density at radius 3 is 1.08 bits per heavy atom. The molecule has 0 bridgehead atoms. The highest BCUT2D eigenvalue weighted by molar-refractivity contribution is 6.35. The van der Waals surface area contributed by atoms with Crippen molar-refractivity contribution in [1.29, 1.82) is 0 Å². The van der Waals surface area contributed by atoms with E-state index < -0.39 is 17.5 Å². The lowest BCUT2D eigenvalue weighted by atomic mass is 10.1. The van der Waals surface area contributed by atoms with Crippen molar-refractivity contribution in [3.63, 3.8) is 0 Å². The van der Waals surface area contributed by atoms with Gasteiger partial charge < -0.3 is 60.0 Å². The minimum absolute atomic E-state index is 0.0687. The summed E-state index contributed by atoms with van der Waals surface area (Å²) in [6.07, 6.45) is 17.2. The summed E-state index contributed by atoms with van der Waals surface area (Å²) in [5.41, 5.74) is 11.0. The molecule has 9 aromatic rings. The Morgan fingerprint density at radius 2 is 0.758 bits per heavy atom. The second-order valence-corrected chi connectivity index (χ2v) is 25.8. The Morgan fingerprint density at radius 1 is 0.424 bits per heavy atom. The predicted octanol–water partition coefficient (Wildman–Crippen LogP) is 14.8. The second-order valence-electron chi connectivity index (χ2n) is 24.7. The fraction of sp³-hybridized carbons (Fsp3) is 0.292. The number of halogens is 6. The average molecular weight is 1400 g/mol. The molecular weight excluding hydrogens is 1330 g/mol. The molecule has 27 heteroatoms. The van der Waals surface area contributed by atoms with Gasteiger partial charge in [0.2, 0.25) is 17.6 Å². The van der Waals surface area contributed by atoms with Crippen molar-refractivity contribution in [2.75, 3.05) is 123 Å². The van der Waals surface area contributed by atoms with E-state index in [0.29, 0.717) is 51.6 Å². The largest absolute Gasteiger partial charge is 0.434 e. The zero-order valence-electron chi connectivity index (χ0n) is 55.2. The van der Waals surface area contributed by atoms with Gasteiger partial charge in [-0.05, 0) is 125 Å². The van der Waals surface area contributed by atoms with Crippen LogP contribution in [0.15, 0.2) is 127 Å². The summed E-state index contributed by atoms with van der Waals surface area (Å²) < 4.78 is 62.0. The van der Waals surface area contributed by atoms with E-state index >= 15 is 0 Å². The normalized spacial score (nSPS) is 15.7. The van der Waals surface area contributed by atoms with Crippen LogP contribution in [0, 0.1) is 17.5 Å². The fourth-order valence-corrected chi connectivity index (χ4v) is 12.8. The number of likely N-dealkylation sites (N-methyl/N-ethyl adjacent to an activating group) is 2. The van der Waals surface area contributed by atoms with Crippen LogP contribution in [0.3, 0.4) is 0 Å². The molecule has 3 fully saturated rings. The number of piperazine rings is 3. The summed E-state index contributed by atoms with van der Waals surface area (Å²) in [4.78, 5) is 50.0. The number of hydrogen-bond acceptors (Lipinski definition) is 21. The van der Waals surface area contributed by atoms with Crippen LogP contribution in [0.4, 0.5) is 65.1 Å². The molecule has 3 aromatic carbocycles. The van der Waals surface area contributed by atoms with Gasteiger partial charge in [-0.25, -0.2) is 43.1 Å². The molecule has 3 aliphatic heterocycles. The lowest BCUT2D eigenvalue weighted by Gasteiger charge is -2.35. The number of allylic oxidation sites excluding steroid dienone is 3. The van der Waals surface area contributed by atoms with Crippen LogP contribution in [0.1, 0.15) is 61.1 Å². The molecule has 0 radical (unpaired) electrons. The number of hydrogen-bond donors (Lipinski definition) is 4. The maximum absolute atomic E-state index is 15.0. The molecule has 0 atom stereocenters. The van der Waals surface area contributed by atoms with Gasteiger partial charge in [0.15, 0.2) is 52.2 Å². The highest BCUT2D eigenvalue weighted by Crippen LogP contribution is 2.42. The number of nitrogens with zero attached hydrogens (tertiary/aromatic N) is 14. The third-order valence-corrected chi connectivity index (χ3v) is 18.7. The van der Waals surface area contributed by atoms with Crippen LogP contribution in [-0.4, -0.2) is 147 Å². The molecule has 6 aromatic heterocycles. The molecule has 0 spiro atoms. The third kappa shape index (κ3) is 15.9. The maximum Gasteiger partial charge on any atom is 0.243 e. The molecule has 15 rings (SSSR count). The van der Waals surface area contributed by atoms with E-state index in [1.165, 1.54) is 19.0 Å². The van der Waals surface area contributed by atoms with Crippen molar-refractivity contribution in [3.8, 4) is 34.9 Å². The molecule has 21 nitrogen and oxygen atoms in total. The highest BCUT2D eigenvalue weighted by Gasteiger charge is 2.26. The van der Waals surface area contributed by atoms with Gasteiger partial charge in [-0.15, -0.1) is 0 Å². The zero-order chi connectivity index (χ0) is 68.7. The first-order valence-corrected chi connectivity index (χ1v) is 33.8. The van der Waals surface area contributed by atoms with Crippen LogP contribution < -0.4 is 50.2 Å². The van der Waals surface area contributed by atoms with E-state index in [1.54, 1.807) is 18.2 Å². The first-order chi connectivity index (χ1) is 48.1. The van der Waals surface area contributed by atoms with Gasteiger partial charge in [0, 0.05) is 95.2 Å². The summed E-state index contributed by atoms with van der Waals surface area (Å²) in [5.74, 6) is 1.91. The van der Waals surface area contributed by atoms with E-state index in [9.17, 15) is 13.2 Å². The van der Waals surface area contributed by atoms with E-state index in [1.807, 2.05) is 112 Å². The van der Waals surface area contributed by atoms with Gasteiger partial charge in [0.25, 0.3) is 0 Å². The van der Waals surface area contributed by atoms with Crippen LogP contribution in [0.5, 0.6) is 34.9 Å². The van der Waals surface area contributed by atoms with Crippen molar-refractivity contribution in [1.82, 2.24) is 60.0 Å². The first kappa shape index (κ1) is 67.9. The van der Waals surface area contributed by atoms with E-state index in [4.69, 9.17) is 49.0 Å². The number of anilines is 9. The van der Waals surface area contributed by atoms with Crippen molar-refractivity contribution in [2.24, 2.45) is 0 Å². The Balaban J connectivity index is 0.000000133. The van der Waals surface area contributed by atoms with Crippen LogP contribution >= 0.6 is 34.8 Å². The summed E-state index contributed by atoms with van der Waals surface area (Å²) in [6, 6.07) is 22.1. The minimum atomic E-state index is -0.422. The van der Waals surface area contributed by atoms with Crippen molar-refractivity contribution in [2.45, 2.75) is 47.0 Å². The van der Waals surface area contributed by atoms with Crippen LogP contribution in [0.25, 0.3) is 18.2 Å². The minimum Gasteiger partial charge on any atom is -0.434 e. The summed E-state index contributed by atoms with van der Waals surface area (Å²) in [6.45, 7) is 21.1. The van der Waals surface area contributed by atoms with E-state index in [0.717, 1.165) is 155 Å². The number of pyridine rings is 3. The SMILES string of the molecule is CC1=Cc2c(ccc(Oc3ncnc(Nc4ccc(N5CCN(C)CC5)cn4)c3Cl)c2F)C1.CC1=Cc2c(ccc(Oc3ncnc(Nc4ccc(N5CCNCC5)cn4)c3Cl)c2F)C1.CCN1CCN(c2ccc(Nc3ncnc(Oc4ccc5c(c4F)C=C(C)C5)c3Cl)nc2)CC1. The quantitative estimate of drug-likeness (QED) is 0.0709. The van der Waals surface area contributed by atoms with Gasteiger partial charge in [-0.2, -0.15) is 15.0 Å². The maximum atomic E-state index is 15.0. The van der Waals surface area contributed by atoms with Gasteiger partial charge in [0.05, 0.1) is 35.7 Å². The van der Waals surface area contributed by atoms with Gasteiger partial charge in [-0.3, -0.25) is 0 Å². The molecular formula is C72H72Cl3F3N18O3. The predicted molar refractivity (Wildman–Crippen MR) is 384 cm³/mol. The number of benzene rings is 3. The Kier molecular flexibility index (Phi) is 21.0. The third-order valence-electron chi connectivity index (χ3n) is 17.7. The van der Waals surface area contributed by atoms with Gasteiger partial charge >= 0.3 is 0 Å². The summed E-state index contributed by atoms with van der Waals surface area (Å²) in [5, 5.41) is 13.1.